The Labute approximate surface area is 97.9 Å². The van der Waals surface area contributed by atoms with Gasteiger partial charge in [-0.15, -0.1) is 0 Å². The molecule has 0 aliphatic rings. The molecule has 2 heteroatoms. The first-order chi connectivity index (χ1) is 7.35. The monoisotopic (exact) mass is 219 g/mol. The molecule has 0 heterocycles. The lowest BCUT2D eigenvalue weighted by atomic mass is 9.89. The zero-order valence-corrected chi connectivity index (χ0v) is 10.6. The maximum Gasteiger partial charge on any atom is 0.156 e. The van der Waals surface area contributed by atoms with Crippen LogP contribution in [0.25, 0.3) is 0 Å². The number of rotatable bonds is 4. The van der Waals surface area contributed by atoms with Gasteiger partial charge in [0.15, 0.2) is 5.78 Å². The molecule has 0 amide bonds. The molecule has 2 N–H and O–H groups in total. The smallest absolute Gasteiger partial charge is 0.156 e. The number of benzene rings is 1. The van der Waals surface area contributed by atoms with Crippen molar-refractivity contribution in [2.24, 2.45) is 5.73 Å². The van der Waals surface area contributed by atoms with Crippen LogP contribution < -0.4 is 5.73 Å². The van der Waals surface area contributed by atoms with E-state index in [-0.39, 0.29) is 5.78 Å². The van der Waals surface area contributed by atoms with Crippen LogP contribution in [-0.2, 0) is 11.2 Å². The van der Waals surface area contributed by atoms with Crippen LogP contribution in [-0.4, -0.2) is 11.3 Å². The summed E-state index contributed by atoms with van der Waals surface area (Å²) in [6.45, 7) is 7.84. The van der Waals surface area contributed by atoms with Crippen molar-refractivity contribution in [1.29, 1.82) is 0 Å². The van der Waals surface area contributed by atoms with Crippen molar-refractivity contribution in [1.82, 2.24) is 0 Å². The van der Waals surface area contributed by atoms with E-state index in [1.165, 1.54) is 11.1 Å². The minimum absolute atomic E-state index is 0.111. The fourth-order valence-corrected chi connectivity index (χ4v) is 1.76. The topological polar surface area (TPSA) is 43.1 Å². The first-order valence-electron chi connectivity index (χ1n) is 5.74. The molecule has 1 unspecified atom stereocenters. The molecule has 1 aromatic rings. The first kappa shape index (κ1) is 12.9. The Kier molecular flexibility index (Phi) is 3.87. The summed E-state index contributed by atoms with van der Waals surface area (Å²) >= 11 is 0. The third-order valence-electron chi connectivity index (χ3n) is 3.02. The molecule has 0 fully saturated rings. The highest BCUT2D eigenvalue weighted by Crippen LogP contribution is 2.14. The van der Waals surface area contributed by atoms with Crippen LogP contribution in [0.15, 0.2) is 18.2 Å². The van der Waals surface area contributed by atoms with E-state index in [9.17, 15) is 4.79 Å². The number of carbonyl (C=O) groups excluding carboxylic acids is 1. The van der Waals surface area contributed by atoms with Gasteiger partial charge in [0.25, 0.3) is 0 Å². The van der Waals surface area contributed by atoms with Crippen LogP contribution in [0.3, 0.4) is 0 Å². The van der Waals surface area contributed by atoms with Gasteiger partial charge >= 0.3 is 0 Å². The highest BCUT2D eigenvalue weighted by Gasteiger charge is 2.25. The van der Waals surface area contributed by atoms with Crippen LogP contribution in [0.4, 0.5) is 0 Å². The van der Waals surface area contributed by atoms with Gasteiger partial charge in [0.05, 0.1) is 5.54 Å². The zero-order valence-electron chi connectivity index (χ0n) is 10.6. The lowest BCUT2D eigenvalue weighted by Gasteiger charge is -2.21. The van der Waals surface area contributed by atoms with E-state index in [0.717, 1.165) is 5.56 Å². The lowest BCUT2D eigenvalue weighted by Crippen LogP contribution is -2.45. The minimum Gasteiger partial charge on any atom is -0.319 e. The molecule has 1 rings (SSSR count). The number of ketones is 1. The van der Waals surface area contributed by atoms with Gasteiger partial charge in [-0.25, -0.2) is 0 Å². The summed E-state index contributed by atoms with van der Waals surface area (Å²) in [7, 11) is 0. The zero-order chi connectivity index (χ0) is 12.3. The third-order valence-corrected chi connectivity index (χ3v) is 3.02. The quantitative estimate of drug-likeness (QED) is 0.845. The number of nitrogens with two attached hydrogens (primary N) is 1. The molecular weight excluding hydrogens is 198 g/mol. The molecule has 0 saturated heterocycles. The Morgan fingerprint density at radius 2 is 1.75 bits per heavy atom. The molecule has 16 heavy (non-hydrogen) atoms. The van der Waals surface area contributed by atoms with Gasteiger partial charge in [-0.3, -0.25) is 4.79 Å². The van der Waals surface area contributed by atoms with E-state index in [1.807, 2.05) is 20.8 Å². The van der Waals surface area contributed by atoms with E-state index >= 15 is 0 Å². The van der Waals surface area contributed by atoms with Crippen LogP contribution in [0.1, 0.15) is 37.0 Å². The normalized spacial score (nSPS) is 14.6. The summed E-state index contributed by atoms with van der Waals surface area (Å²) in [5.41, 5.74) is 8.69. The predicted octanol–water partition coefficient (Wildman–Crippen LogP) is 2.54. The van der Waals surface area contributed by atoms with Crippen LogP contribution in [0.5, 0.6) is 0 Å². The number of hydrogen-bond donors (Lipinski definition) is 1. The molecule has 0 radical (unpaired) electrons. The van der Waals surface area contributed by atoms with Gasteiger partial charge in [-0.1, -0.05) is 36.2 Å². The van der Waals surface area contributed by atoms with Crippen molar-refractivity contribution >= 4 is 5.78 Å². The molecule has 0 aliphatic heterocycles. The van der Waals surface area contributed by atoms with E-state index in [1.54, 1.807) is 6.92 Å². The first-order valence-corrected chi connectivity index (χ1v) is 5.74. The van der Waals surface area contributed by atoms with Crippen LogP contribution in [0, 0.1) is 13.8 Å². The maximum absolute atomic E-state index is 12.0. The molecule has 2 nitrogen and oxygen atoms in total. The van der Waals surface area contributed by atoms with Crippen molar-refractivity contribution in [2.75, 3.05) is 0 Å². The average Bonchev–Trinajstić information content (AvgIpc) is 2.15. The Balaban J connectivity index is 2.85. The molecular formula is C14H21NO. The van der Waals surface area contributed by atoms with Crippen molar-refractivity contribution in [2.45, 2.75) is 46.1 Å². The minimum atomic E-state index is -0.697. The summed E-state index contributed by atoms with van der Waals surface area (Å²) in [4.78, 5) is 12.0. The van der Waals surface area contributed by atoms with Crippen LogP contribution >= 0.6 is 0 Å². The second-order valence-electron chi connectivity index (χ2n) is 4.87. The number of aryl methyl sites for hydroxylation is 2. The highest BCUT2D eigenvalue weighted by molar-refractivity contribution is 5.89. The second kappa shape index (κ2) is 4.79. The lowest BCUT2D eigenvalue weighted by molar-refractivity contribution is -0.123. The van der Waals surface area contributed by atoms with E-state index < -0.39 is 5.54 Å². The van der Waals surface area contributed by atoms with Gasteiger partial charge in [-0.2, -0.15) is 0 Å². The van der Waals surface area contributed by atoms with Crippen molar-refractivity contribution in [3.63, 3.8) is 0 Å². The number of carbonyl (C=O) groups is 1. The van der Waals surface area contributed by atoms with Gasteiger partial charge in [-0.05, 0) is 32.8 Å². The predicted molar refractivity (Wildman–Crippen MR) is 67.5 cm³/mol. The SMILES string of the molecule is CCC(C)(N)C(=O)Cc1cc(C)cc(C)c1. The van der Waals surface area contributed by atoms with Crippen LogP contribution in [0.2, 0.25) is 0 Å². The van der Waals surface area contributed by atoms with Gasteiger partial charge in [0.1, 0.15) is 0 Å². The van der Waals surface area contributed by atoms with Gasteiger partial charge in [0, 0.05) is 6.42 Å². The molecule has 0 saturated carbocycles. The average molecular weight is 219 g/mol. The Hall–Kier alpha value is -1.15. The summed E-state index contributed by atoms with van der Waals surface area (Å²) in [5, 5.41) is 0. The van der Waals surface area contributed by atoms with Crippen molar-refractivity contribution < 1.29 is 4.79 Å². The standard InChI is InChI=1S/C14H21NO/c1-5-14(4,15)13(16)9-12-7-10(2)6-11(3)8-12/h6-8H,5,9,15H2,1-4H3. The number of Topliss-reactive ketones (excluding diaryl/α,β-unsaturated/α-hetero) is 1. The summed E-state index contributed by atoms with van der Waals surface area (Å²) in [6, 6.07) is 6.21. The third kappa shape index (κ3) is 3.17. The number of hydrogen-bond acceptors (Lipinski definition) is 2. The summed E-state index contributed by atoms with van der Waals surface area (Å²) < 4.78 is 0. The van der Waals surface area contributed by atoms with E-state index in [0.29, 0.717) is 12.8 Å². The van der Waals surface area contributed by atoms with Crippen molar-refractivity contribution in [3.8, 4) is 0 Å². The molecule has 1 atom stereocenters. The molecule has 0 spiro atoms. The Bertz CT molecular complexity index is 373. The second-order valence-corrected chi connectivity index (χ2v) is 4.87. The molecule has 0 bridgehead atoms. The maximum atomic E-state index is 12.0. The largest absolute Gasteiger partial charge is 0.319 e. The summed E-state index contributed by atoms with van der Waals surface area (Å²) in [5.74, 6) is 0.111. The Morgan fingerprint density at radius 1 is 1.25 bits per heavy atom. The summed E-state index contributed by atoms with van der Waals surface area (Å²) in [6.07, 6.45) is 1.11. The molecule has 0 aromatic heterocycles. The van der Waals surface area contributed by atoms with Crippen molar-refractivity contribution in [3.05, 3.63) is 34.9 Å². The highest BCUT2D eigenvalue weighted by atomic mass is 16.1. The fourth-order valence-electron chi connectivity index (χ4n) is 1.76. The fraction of sp³-hybridized carbons (Fsp3) is 0.500. The van der Waals surface area contributed by atoms with Gasteiger partial charge in [0.2, 0.25) is 0 Å². The molecule has 0 aliphatic carbocycles. The molecule has 1 aromatic carbocycles. The van der Waals surface area contributed by atoms with Gasteiger partial charge < -0.3 is 5.73 Å². The Morgan fingerprint density at radius 3 is 2.19 bits per heavy atom. The van der Waals surface area contributed by atoms with E-state index in [4.69, 9.17) is 5.73 Å². The van der Waals surface area contributed by atoms with E-state index in [2.05, 4.69) is 18.2 Å². The molecule has 88 valence electrons.